The van der Waals surface area contributed by atoms with Crippen LogP contribution in [0.1, 0.15) is 18.0 Å². The molecule has 0 radical (unpaired) electrons. The van der Waals surface area contributed by atoms with Gasteiger partial charge in [0.15, 0.2) is 0 Å². The molecule has 3 heterocycles. The third-order valence-electron chi connectivity index (χ3n) is 5.24. The summed E-state index contributed by atoms with van der Waals surface area (Å²) in [6.45, 7) is 0.277. The summed E-state index contributed by atoms with van der Waals surface area (Å²) >= 11 is 6.05. The maximum Gasteiger partial charge on any atom is 0.251 e. The smallest absolute Gasteiger partial charge is 0.251 e. The fourth-order valence-electron chi connectivity index (χ4n) is 3.60. The highest BCUT2D eigenvalue weighted by Gasteiger charge is 2.26. The number of aliphatic hydroxyl groups is 1. The molecular formula is C22H22ClFN4O3. The van der Waals surface area contributed by atoms with E-state index in [4.69, 9.17) is 16.3 Å². The molecule has 3 unspecified atom stereocenters. The molecule has 1 aliphatic rings. The lowest BCUT2D eigenvalue weighted by Gasteiger charge is -2.26. The van der Waals surface area contributed by atoms with Gasteiger partial charge in [-0.1, -0.05) is 23.7 Å². The van der Waals surface area contributed by atoms with Gasteiger partial charge in [0.25, 0.3) is 5.56 Å². The van der Waals surface area contributed by atoms with E-state index >= 15 is 0 Å². The summed E-state index contributed by atoms with van der Waals surface area (Å²) in [4.78, 5) is 21.4. The molecule has 0 saturated carbocycles. The van der Waals surface area contributed by atoms with Crippen molar-refractivity contribution in [3.05, 3.63) is 75.8 Å². The predicted octanol–water partition coefficient (Wildman–Crippen LogP) is 3.08. The molecule has 0 bridgehead atoms. The molecule has 0 amide bonds. The standard InChI is InChI=1S/C22H22ClFN4O3/c23-16-3-1-2-15(10-16)20(12-29)28-8-5-14(11-21(28)30)18-4-7-25-22(26-18)27-19-6-9-31-13-17(19)24/h1-5,7-8,10-11,17,19-20,29H,6,9,12-13H2,(H,25,26,27). The molecule has 3 atom stereocenters. The maximum absolute atomic E-state index is 14.0. The normalized spacial score (nSPS) is 19.7. The molecule has 3 aromatic rings. The Bertz CT molecular complexity index is 1110. The van der Waals surface area contributed by atoms with Crippen LogP contribution in [0.25, 0.3) is 11.3 Å². The van der Waals surface area contributed by atoms with Gasteiger partial charge in [0, 0.05) is 35.7 Å². The third kappa shape index (κ3) is 4.92. The van der Waals surface area contributed by atoms with E-state index < -0.39 is 18.3 Å². The Morgan fingerprint density at radius 1 is 1.32 bits per heavy atom. The van der Waals surface area contributed by atoms with Crippen LogP contribution in [0.3, 0.4) is 0 Å². The number of pyridine rings is 1. The number of rotatable bonds is 6. The van der Waals surface area contributed by atoms with Gasteiger partial charge in [-0.05, 0) is 36.2 Å². The maximum atomic E-state index is 14.0. The molecule has 2 aromatic heterocycles. The summed E-state index contributed by atoms with van der Waals surface area (Å²) < 4.78 is 20.6. The van der Waals surface area contributed by atoms with E-state index in [0.29, 0.717) is 35.3 Å². The molecule has 7 nitrogen and oxygen atoms in total. The second kappa shape index (κ2) is 9.55. The fraction of sp³-hybridized carbons (Fsp3) is 0.318. The number of hydrogen-bond acceptors (Lipinski definition) is 6. The van der Waals surface area contributed by atoms with Gasteiger partial charge in [-0.3, -0.25) is 4.79 Å². The zero-order chi connectivity index (χ0) is 21.8. The molecule has 0 spiro atoms. The molecule has 0 aliphatic carbocycles. The highest BCUT2D eigenvalue weighted by Crippen LogP contribution is 2.22. The van der Waals surface area contributed by atoms with Gasteiger partial charge in [-0.25, -0.2) is 14.4 Å². The molecular weight excluding hydrogens is 423 g/mol. The minimum Gasteiger partial charge on any atom is -0.394 e. The number of aliphatic hydroxyl groups excluding tert-OH is 1. The van der Waals surface area contributed by atoms with Crippen molar-refractivity contribution in [3.63, 3.8) is 0 Å². The van der Waals surface area contributed by atoms with Crippen molar-refractivity contribution >= 4 is 17.5 Å². The quantitative estimate of drug-likeness (QED) is 0.607. The average Bonchev–Trinajstić information content (AvgIpc) is 2.77. The second-order valence-corrected chi connectivity index (χ2v) is 7.75. The molecule has 1 aromatic carbocycles. The molecule has 162 valence electrons. The lowest BCUT2D eigenvalue weighted by molar-refractivity contribution is 0.0284. The molecule has 31 heavy (non-hydrogen) atoms. The first-order valence-electron chi connectivity index (χ1n) is 9.95. The van der Waals surface area contributed by atoms with Crippen molar-refractivity contribution in [2.45, 2.75) is 24.7 Å². The molecule has 1 aliphatic heterocycles. The average molecular weight is 445 g/mol. The summed E-state index contributed by atoms with van der Waals surface area (Å²) in [5.41, 5.74) is 1.57. The van der Waals surface area contributed by atoms with E-state index in [0.717, 1.165) is 5.56 Å². The lowest BCUT2D eigenvalue weighted by atomic mass is 10.1. The van der Waals surface area contributed by atoms with Crippen molar-refractivity contribution in [3.8, 4) is 11.3 Å². The molecule has 4 rings (SSSR count). The number of benzene rings is 1. The van der Waals surface area contributed by atoms with E-state index in [-0.39, 0.29) is 18.8 Å². The van der Waals surface area contributed by atoms with Gasteiger partial charge < -0.3 is 19.7 Å². The summed E-state index contributed by atoms with van der Waals surface area (Å²) in [5, 5.41) is 13.4. The topological polar surface area (TPSA) is 89.3 Å². The van der Waals surface area contributed by atoms with Crippen LogP contribution < -0.4 is 10.9 Å². The number of halogens is 2. The minimum atomic E-state index is -1.13. The molecule has 1 fully saturated rings. The summed E-state index contributed by atoms with van der Waals surface area (Å²) in [7, 11) is 0. The monoisotopic (exact) mass is 444 g/mol. The van der Waals surface area contributed by atoms with E-state index in [2.05, 4.69) is 15.3 Å². The fourth-order valence-corrected chi connectivity index (χ4v) is 3.79. The Kier molecular flexibility index (Phi) is 6.60. The largest absolute Gasteiger partial charge is 0.394 e. The summed E-state index contributed by atoms with van der Waals surface area (Å²) in [5.74, 6) is 0.295. The van der Waals surface area contributed by atoms with E-state index in [9.17, 15) is 14.3 Å². The van der Waals surface area contributed by atoms with E-state index in [1.54, 1.807) is 42.7 Å². The van der Waals surface area contributed by atoms with Crippen LogP contribution in [0.5, 0.6) is 0 Å². The first-order valence-corrected chi connectivity index (χ1v) is 10.3. The van der Waals surface area contributed by atoms with Crippen molar-refractivity contribution < 1.29 is 14.2 Å². The van der Waals surface area contributed by atoms with Gasteiger partial charge in [0.2, 0.25) is 5.95 Å². The first-order chi connectivity index (χ1) is 15.0. The Morgan fingerprint density at radius 2 is 2.19 bits per heavy atom. The number of anilines is 1. The second-order valence-electron chi connectivity index (χ2n) is 7.31. The van der Waals surface area contributed by atoms with Crippen LogP contribution in [0, 0.1) is 0 Å². The number of hydrogen-bond donors (Lipinski definition) is 2. The van der Waals surface area contributed by atoms with Crippen LogP contribution >= 0.6 is 11.6 Å². The minimum absolute atomic E-state index is 0.0498. The van der Waals surface area contributed by atoms with Crippen LogP contribution in [-0.2, 0) is 4.74 Å². The number of ether oxygens (including phenoxy) is 1. The molecule has 1 saturated heterocycles. The number of nitrogens with one attached hydrogen (secondary N) is 1. The van der Waals surface area contributed by atoms with E-state index in [1.165, 1.54) is 10.6 Å². The third-order valence-corrected chi connectivity index (χ3v) is 5.48. The first kappa shape index (κ1) is 21.4. The summed E-state index contributed by atoms with van der Waals surface area (Å²) in [6.07, 6.45) is 2.57. The van der Waals surface area contributed by atoms with Crippen molar-refractivity contribution in [2.24, 2.45) is 0 Å². The SMILES string of the molecule is O=c1cc(-c2ccnc(NC3CCOCC3F)n2)ccn1C(CO)c1cccc(Cl)c1. The van der Waals surface area contributed by atoms with Gasteiger partial charge >= 0.3 is 0 Å². The van der Waals surface area contributed by atoms with Gasteiger partial charge in [-0.2, -0.15) is 0 Å². The van der Waals surface area contributed by atoms with Crippen molar-refractivity contribution in [2.75, 3.05) is 25.1 Å². The van der Waals surface area contributed by atoms with Gasteiger partial charge in [-0.15, -0.1) is 0 Å². The Hall–Kier alpha value is -2.81. The van der Waals surface area contributed by atoms with Gasteiger partial charge in [0.05, 0.1) is 31.0 Å². The van der Waals surface area contributed by atoms with Gasteiger partial charge in [0.1, 0.15) is 6.17 Å². The lowest BCUT2D eigenvalue weighted by Crippen LogP contribution is -2.39. The van der Waals surface area contributed by atoms with Crippen LogP contribution in [0.4, 0.5) is 10.3 Å². The predicted molar refractivity (Wildman–Crippen MR) is 116 cm³/mol. The highest BCUT2D eigenvalue weighted by molar-refractivity contribution is 6.30. The number of alkyl halides is 1. The van der Waals surface area contributed by atoms with E-state index in [1.807, 2.05) is 6.07 Å². The highest BCUT2D eigenvalue weighted by atomic mass is 35.5. The van der Waals surface area contributed by atoms with Crippen LogP contribution in [0.2, 0.25) is 5.02 Å². The van der Waals surface area contributed by atoms with Crippen molar-refractivity contribution in [1.29, 1.82) is 0 Å². The molecule has 9 heteroatoms. The van der Waals surface area contributed by atoms with Crippen LogP contribution in [-0.4, -0.2) is 51.7 Å². The van der Waals surface area contributed by atoms with Crippen LogP contribution in [0.15, 0.2) is 59.7 Å². The Balaban J connectivity index is 1.58. The Labute approximate surface area is 183 Å². The zero-order valence-corrected chi connectivity index (χ0v) is 17.4. The van der Waals surface area contributed by atoms with Crippen molar-refractivity contribution in [1.82, 2.24) is 14.5 Å². The molecule has 2 N–H and O–H groups in total. The Morgan fingerprint density at radius 3 is 2.94 bits per heavy atom. The summed E-state index contributed by atoms with van der Waals surface area (Å²) in [6, 6.07) is 10.9. The number of aromatic nitrogens is 3. The number of nitrogens with zero attached hydrogens (tertiary/aromatic N) is 3. The zero-order valence-electron chi connectivity index (χ0n) is 16.6.